The monoisotopic (exact) mass is 440 g/mol. The van der Waals surface area contributed by atoms with Gasteiger partial charge in [0.2, 0.25) is 0 Å². The first kappa shape index (κ1) is 21.6. The lowest BCUT2D eigenvalue weighted by Gasteiger charge is -2.40. The Morgan fingerprint density at radius 1 is 1.17 bits per heavy atom. The number of piperidine rings is 1. The number of thiophene rings is 1. The summed E-state index contributed by atoms with van der Waals surface area (Å²) in [4.78, 5) is 17.9. The second kappa shape index (κ2) is 9.23. The van der Waals surface area contributed by atoms with Crippen molar-refractivity contribution < 1.29 is 14.3 Å². The highest BCUT2D eigenvalue weighted by Crippen LogP contribution is 2.44. The van der Waals surface area contributed by atoms with Gasteiger partial charge in [0.1, 0.15) is 5.60 Å². The van der Waals surface area contributed by atoms with Crippen molar-refractivity contribution in [3.8, 4) is 0 Å². The molecule has 7 heteroatoms. The average molecular weight is 441 g/mol. The largest absolute Gasteiger partial charge is 0.376 e. The quantitative estimate of drug-likeness (QED) is 0.757. The van der Waals surface area contributed by atoms with Gasteiger partial charge < -0.3 is 19.7 Å². The van der Waals surface area contributed by atoms with Gasteiger partial charge in [-0.05, 0) is 75.6 Å². The van der Waals surface area contributed by atoms with E-state index in [0.29, 0.717) is 5.92 Å². The third-order valence-electron chi connectivity index (χ3n) is 7.03. The van der Waals surface area contributed by atoms with Crippen LogP contribution >= 0.6 is 23.7 Å². The normalized spacial score (nSPS) is 25.9. The van der Waals surface area contributed by atoms with Gasteiger partial charge in [-0.15, -0.1) is 23.7 Å². The molecule has 5 rings (SSSR count). The van der Waals surface area contributed by atoms with Crippen LogP contribution in [0.1, 0.15) is 65.1 Å². The van der Waals surface area contributed by atoms with Gasteiger partial charge in [0.25, 0.3) is 5.91 Å². The molecule has 1 aromatic heterocycles. The van der Waals surface area contributed by atoms with Crippen LogP contribution in [-0.4, -0.2) is 56.3 Å². The minimum Gasteiger partial charge on any atom is -0.376 e. The number of hydrogen-bond acceptors (Lipinski definition) is 5. The fourth-order valence-electron chi connectivity index (χ4n) is 5.15. The van der Waals surface area contributed by atoms with Gasteiger partial charge in [0.15, 0.2) is 0 Å². The SMILES string of the molecule is Cl.O=C(c1cc2c(s1)C1(CCNCC1)OCC2)N(CC1CCC1)CC1CCCO1. The number of carbonyl (C=O) groups is 1. The number of amides is 1. The van der Waals surface area contributed by atoms with Crippen molar-refractivity contribution in [1.29, 1.82) is 0 Å². The van der Waals surface area contributed by atoms with E-state index >= 15 is 0 Å². The summed E-state index contributed by atoms with van der Waals surface area (Å²) in [5.74, 6) is 0.893. The summed E-state index contributed by atoms with van der Waals surface area (Å²) < 4.78 is 12.2. The summed E-state index contributed by atoms with van der Waals surface area (Å²) in [7, 11) is 0. The van der Waals surface area contributed by atoms with Gasteiger partial charge in [0.05, 0.1) is 17.6 Å². The molecule has 1 spiro atoms. The molecule has 0 bridgehead atoms. The van der Waals surface area contributed by atoms with E-state index in [2.05, 4.69) is 16.3 Å². The number of halogens is 1. The molecule has 2 saturated heterocycles. The molecule has 1 amide bonds. The Morgan fingerprint density at radius 3 is 2.69 bits per heavy atom. The molecule has 3 fully saturated rings. The van der Waals surface area contributed by atoms with E-state index in [4.69, 9.17) is 9.47 Å². The molecule has 4 aliphatic rings. The zero-order chi connectivity index (χ0) is 19.0. The second-order valence-corrected chi connectivity index (χ2v) is 10.0. The van der Waals surface area contributed by atoms with Gasteiger partial charge in [-0.3, -0.25) is 4.79 Å². The predicted molar refractivity (Wildman–Crippen MR) is 117 cm³/mol. The van der Waals surface area contributed by atoms with E-state index in [-0.39, 0.29) is 30.0 Å². The summed E-state index contributed by atoms with van der Waals surface area (Å²) in [6, 6.07) is 2.18. The Bertz CT molecular complexity index is 709. The van der Waals surface area contributed by atoms with Crippen molar-refractivity contribution in [1.82, 2.24) is 10.2 Å². The third-order valence-corrected chi connectivity index (χ3v) is 8.38. The van der Waals surface area contributed by atoms with Crippen LogP contribution in [0.5, 0.6) is 0 Å². The fourth-order valence-corrected chi connectivity index (χ4v) is 6.53. The lowest BCUT2D eigenvalue weighted by Crippen LogP contribution is -2.44. The third kappa shape index (κ3) is 4.38. The molecule has 1 atom stereocenters. The van der Waals surface area contributed by atoms with Gasteiger partial charge >= 0.3 is 0 Å². The maximum absolute atomic E-state index is 13.5. The lowest BCUT2D eigenvalue weighted by atomic mass is 9.85. The molecule has 4 heterocycles. The van der Waals surface area contributed by atoms with E-state index in [9.17, 15) is 4.79 Å². The van der Waals surface area contributed by atoms with Crippen LogP contribution in [0.25, 0.3) is 0 Å². The van der Waals surface area contributed by atoms with Crippen molar-refractivity contribution in [3.63, 3.8) is 0 Å². The van der Waals surface area contributed by atoms with Crippen molar-refractivity contribution in [2.45, 2.75) is 63.1 Å². The molecule has 1 N–H and O–H groups in total. The van der Waals surface area contributed by atoms with Crippen LogP contribution in [0, 0.1) is 5.92 Å². The number of fused-ring (bicyclic) bond motifs is 2. The van der Waals surface area contributed by atoms with Crippen molar-refractivity contribution in [3.05, 3.63) is 21.4 Å². The molecule has 3 aliphatic heterocycles. The van der Waals surface area contributed by atoms with Gasteiger partial charge in [-0.1, -0.05) is 6.42 Å². The molecule has 1 saturated carbocycles. The first-order valence-corrected chi connectivity index (χ1v) is 11.9. The number of carbonyl (C=O) groups excluding carboxylic acids is 1. The summed E-state index contributed by atoms with van der Waals surface area (Å²) in [5.41, 5.74) is 1.19. The molecule has 5 nitrogen and oxygen atoms in total. The molecule has 0 radical (unpaired) electrons. The van der Waals surface area contributed by atoms with Crippen LogP contribution in [0.15, 0.2) is 6.07 Å². The van der Waals surface area contributed by atoms with E-state index in [1.807, 2.05) is 0 Å². The summed E-state index contributed by atoms with van der Waals surface area (Å²) in [5, 5.41) is 3.45. The Kier molecular flexibility index (Phi) is 6.86. The Morgan fingerprint density at radius 2 is 2.00 bits per heavy atom. The molecular formula is C22H33ClN2O3S. The van der Waals surface area contributed by atoms with E-state index in [0.717, 1.165) is 76.4 Å². The van der Waals surface area contributed by atoms with E-state index in [1.54, 1.807) is 11.3 Å². The smallest absolute Gasteiger partial charge is 0.264 e. The zero-order valence-electron chi connectivity index (χ0n) is 17.1. The van der Waals surface area contributed by atoms with Crippen molar-refractivity contribution >= 4 is 29.7 Å². The number of ether oxygens (including phenoxy) is 2. The standard InChI is InChI=1S/C22H32N2O3S.ClH/c25-21(24(14-16-3-1-4-16)15-18-5-2-11-26-18)19-13-17-6-12-27-22(20(17)28-19)7-9-23-10-8-22;/h13,16,18,23H,1-12,14-15H2;1H. The summed E-state index contributed by atoms with van der Waals surface area (Å²) in [6.07, 6.45) is 9.22. The van der Waals surface area contributed by atoms with Crippen molar-refractivity contribution in [2.75, 3.05) is 39.4 Å². The average Bonchev–Trinajstić information content (AvgIpc) is 3.34. The lowest BCUT2D eigenvalue weighted by molar-refractivity contribution is -0.0771. The molecule has 0 aromatic carbocycles. The Labute approximate surface area is 183 Å². The van der Waals surface area contributed by atoms with Crippen LogP contribution < -0.4 is 5.32 Å². The maximum Gasteiger partial charge on any atom is 0.264 e. The Hall–Kier alpha value is -0.660. The topological polar surface area (TPSA) is 50.8 Å². The number of rotatable bonds is 5. The van der Waals surface area contributed by atoms with Crippen LogP contribution in [0.2, 0.25) is 0 Å². The van der Waals surface area contributed by atoms with Gasteiger partial charge in [-0.25, -0.2) is 0 Å². The van der Waals surface area contributed by atoms with Crippen LogP contribution in [0.3, 0.4) is 0 Å². The van der Waals surface area contributed by atoms with Gasteiger partial charge in [0, 0.05) is 24.6 Å². The van der Waals surface area contributed by atoms with Gasteiger partial charge in [-0.2, -0.15) is 0 Å². The maximum atomic E-state index is 13.5. The molecule has 162 valence electrons. The highest BCUT2D eigenvalue weighted by molar-refractivity contribution is 7.14. The molecule has 1 unspecified atom stereocenters. The number of hydrogen-bond donors (Lipinski definition) is 1. The number of nitrogens with one attached hydrogen (secondary N) is 1. The van der Waals surface area contributed by atoms with Crippen LogP contribution in [-0.2, 0) is 21.5 Å². The van der Waals surface area contributed by atoms with Crippen molar-refractivity contribution in [2.24, 2.45) is 5.92 Å². The van der Waals surface area contributed by atoms with E-state index < -0.39 is 0 Å². The summed E-state index contributed by atoms with van der Waals surface area (Å²) >= 11 is 1.70. The predicted octanol–water partition coefficient (Wildman–Crippen LogP) is 3.74. The minimum atomic E-state index is -0.157. The summed E-state index contributed by atoms with van der Waals surface area (Å²) in [6.45, 7) is 5.26. The Balaban J connectivity index is 0.00000205. The molecule has 1 aromatic rings. The molecular weight excluding hydrogens is 408 g/mol. The fraction of sp³-hybridized carbons (Fsp3) is 0.773. The zero-order valence-corrected chi connectivity index (χ0v) is 18.8. The molecule has 1 aliphatic carbocycles. The number of nitrogens with zero attached hydrogens (tertiary/aromatic N) is 1. The second-order valence-electron chi connectivity index (χ2n) is 8.95. The highest BCUT2D eigenvalue weighted by Gasteiger charge is 2.41. The first-order valence-electron chi connectivity index (χ1n) is 11.1. The van der Waals surface area contributed by atoms with Crippen LogP contribution in [0.4, 0.5) is 0 Å². The van der Waals surface area contributed by atoms with E-state index in [1.165, 1.54) is 29.7 Å². The molecule has 29 heavy (non-hydrogen) atoms. The first-order chi connectivity index (χ1) is 13.7. The highest BCUT2D eigenvalue weighted by atomic mass is 35.5. The minimum absolute atomic E-state index is 0.